The number of phenols is 1. The van der Waals surface area contributed by atoms with Crippen LogP contribution < -0.4 is 5.30 Å². The second-order valence-corrected chi connectivity index (χ2v) is 5.80. The summed E-state index contributed by atoms with van der Waals surface area (Å²) in [4.78, 5) is 12.2. The average Bonchev–Trinajstić information content (AvgIpc) is 2.37. The highest BCUT2D eigenvalue weighted by atomic mass is 31.1. The van der Waals surface area contributed by atoms with Crippen molar-refractivity contribution in [1.82, 2.24) is 0 Å². The van der Waals surface area contributed by atoms with E-state index >= 15 is 0 Å². The number of rotatable bonds is 3. The molecule has 2 aromatic carbocycles. The normalized spacial score (nSPS) is 10.9. The third-order valence-corrected chi connectivity index (χ3v) is 3.87. The maximum absolute atomic E-state index is 12.2. The van der Waals surface area contributed by atoms with E-state index in [1.807, 2.05) is 32.9 Å². The summed E-state index contributed by atoms with van der Waals surface area (Å²) in [6.07, 6.45) is 0. The lowest BCUT2D eigenvalue weighted by molar-refractivity contribution is 0.0761. The fourth-order valence-electron chi connectivity index (χ4n) is 2.19. The molecule has 20 heavy (non-hydrogen) atoms. The van der Waals surface area contributed by atoms with Crippen LogP contribution in [0.2, 0.25) is 0 Å². The molecular formula is C16H17O3P. The minimum absolute atomic E-state index is 0.0640. The summed E-state index contributed by atoms with van der Waals surface area (Å²) < 4.78 is 5.36. The van der Waals surface area contributed by atoms with Crippen molar-refractivity contribution in [3.8, 4) is 5.75 Å². The Morgan fingerprint density at radius 1 is 1.05 bits per heavy atom. The van der Waals surface area contributed by atoms with Gasteiger partial charge in [0.1, 0.15) is 14.6 Å². The predicted molar refractivity (Wildman–Crippen MR) is 82.1 cm³/mol. The lowest BCUT2D eigenvalue weighted by atomic mass is 10.0. The molecule has 0 spiro atoms. The summed E-state index contributed by atoms with van der Waals surface area (Å²) in [5.41, 5.74) is 3.64. The van der Waals surface area contributed by atoms with E-state index in [9.17, 15) is 9.90 Å². The van der Waals surface area contributed by atoms with Gasteiger partial charge >= 0.3 is 5.97 Å². The van der Waals surface area contributed by atoms with E-state index in [0.29, 0.717) is 5.56 Å². The molecule has 0 saturated carbocycles. The van der Waals surface area contributed by atoms with Crippen molar-refractivity contribution >= 4 is 20.1 Å². The molecule has 0 heterocycles. The monoisotopic (exact) mass is 288 g/mol. The number of aryl methyl sites for hydroxylation is 3. The van der Waals surface area contributed by atoms with Crippen LogP contribution in [0.4, 0.5) is 0 Å². The number of phenolic OH excluding ortho intramolecular Hbond substituents is 1. The summed E-state index contributed by atoms with van der Waals surface area (Å²) in [7, 11) is -0.0640. The quantitative estimate of drug-likeness (QED) is 0.881. The van der Waals surface area contributed by atoms with E-state index in [2.05, 4.69) is 0 Å². The standard InChI is InChI=1S/C16H17O3P/c1-10-8-11(2)15(12(3)9-10)16(18)19-20-14-6-4-13(17)5-7-14/h4-9,17,20H,1-3H3. The van der Waals surface area contributed by atoms with E-state index in [0.717, 1.165) is 22.0 Å². The van der Waals surface area contributed by atoms with Gasteiger partial charge in [-0.05, 0) is 56.2 Å². The van der Waals surface area contributed by atoms with Crippen molar-refractivity contribution in [2.75, 3.05) is 0 Å². The fourth-order valence-corrected chi connectivity index (χ4v) is 2.80. The first-order chi connectivity index (χ1) is 9.47. The third kappa shape index (κ3) is 3.37. The molecule has 0 amide bonds. The predicted octanol–water partition coefficient (Wildman–Crippen LogP) is 3.39. The smallest absolute Gasteiger partial charge is 0.341 e. The van der Waals surface area contributed by atoms with Crippen LogP contribution in [-0.2, 0) is 4.52 Å². The van der Waals surface area contributed by atoms with E-state index in [4.69, 9.17) is 4.52 Å². The number of carbonyl (C=O) groups excluding carboxylic acids is 1. The van der Waals surface area contributed by atoms with Gasteiger partial charge in [0.25, 0.3) is 0 Å². The molecular weight excluding hydrogens is 271 g/mol. The van der Waals surface area contributed by atoms with Crippen LogP contribution >= 0.6 is 8.81 Å². The van der Waals surface area contributed by atoms with Gasteiger partial charge in [-0.3, -0.25) is 0 Å². The van der Waals surface area contributed by atoms with Gasteiger partial charge in [0.15, 0.2) is 0 Å². The molecule has 4 heteroatoms. The molecule has 0 aliphatic rings. The van der Waals surface area contributed by atoms with Gasteiger partial charge in [0.05, 0.1) is 5.56 Å². The Hall–Kier alpha value is -1.86. The zero-order valence-corrected chi connectivity index (χ0v) is 12.7. The first kappa shape index (κ1) is 14.5. The number of carbonyl (C=O) groups is 1. The molecule has 3 nitrogen and oxygen atoms in total. The molecule has 2 rings (SSSR count). The SMILES string of the molecule is Cc1cc(C)c(C(=O)OPc2ccc(O)cc2)c(C)c1. The molecule has 0 aromatic heterocycles. The van der Waals surface area contributed by atoms with Crippen molar-refractivity contribution in [3.63, 3.8) is 0 Å². The van der Waals surface area contributed by atoms with Crippen LogP contribution in [0.1, 0.15) is 27.0 Å². The Morgan fingerprint density at radius 2 is 1.60 bits per heavy atom. The summed E-state index contributed by atoms with van der Waals surface area (Å²) in [5, 5.41) is 10.1. The third-order valence-electron chi connectivity index (χ3n) is 3.01. The summed E-state index contributed by atoms with van der Waals surface area (Å²) in [5.74, 6) is -0.0958. The van der Waals surface area contributed by atoms with Crippen LogP contribution in [0, 0.1) is 20.8 Å². The number of benzene rings is 2. The van der Waals surface area contributed by atoms with Crippen LogP contribution in [0.5, 0.6) is 5.75 Å². The van der Waals surface area contributed by atoms with Gasteiger partial charge in [-0.2, -0.15) is 0 Å². The highest BCUT2D eigenvalue weighted by Gasteiger charge is 2.14. The highest BCUT2D eigenvalue weighted by Crippen LogP contribution is 2.22. The Morgan fingerprint density at radius 3 is 2.15 bits per heavy atom. The molecule has 0 bridgehead atoms. The number of hydrogen-bond donors (Lipinski definition) is 1. The molecule has 1 N–H and O–H groups in total. The molecule has 0 aliphatic heterocycles. The topological polar surface area (TPSA) is 46.5 Å². The minimum Gasteiger partial charge on any atom is -0.508 e. The zero-order chi connectivity index (χ0) is 14.7. The van der Waals surface area contributed by atoms with Crippen LogP contribution in [0.3, 0.4) is 0 Å². The zero-order valence-electron chi connectivity index (χ0n) is 11.7. The van der Waals surface area contributed by atoms with Crippen molar-refractivity contribution in [2.45, 2.75) is 20.8 Å². The van der Waals surface area contributed by atoms with Gasteiger partial charge in [-0.1, -0.05) is 17.7 Å². The number of aromatic hydroxyl groups is 1. The largest absolute Gasteiger partial charge is 0.508 e. The Balaban J connectivity index is 2.11. The molecule has 0 radical (unpaired) electrons. The Kier molecular flexibility index (Phi) is 4.41. The van der Waals surface area contributed by atoms with Gasteiger partial charge < -0.3 is 9.63 Å². The number of hydrogen-bond acceptors (Lipinski definition) is 3. The van der Waals surface area contributed by atoms with E-state index in [1.54, 1.807) is 24.3 Å². The van der Waals surface area contributed by atoms with E-state index in [1.165, 1.54) is 0 Å². The molecule has 2 aromatic rings. The summed E-state index contributed by atoms with van der Waals surface area (Å²) in [6.45, 7) is 5.84. The summed E-state index contributed by atoms with van der Waals surface area (Å²) in [6, 6.07) is 10.6. The minimum atomic E-state index is -0.300. The van der Waals surface area contributed by atoms with Gasteiger partial charge in [0.2, 0.25) is 0 Å². The molecule has 1 atom stereocenters. The maximum atomic E-state index is 12.2. The first-order valence-electron chi connectivity index (χ1n) is 6.31. The summed E-state index contributed by atoms with van der Waals surface area (Å²) >= 11 is 0. The molecule has 0 aliphatic carbocycles. The highest BCUT2D eigenvalue weighted by molar-refractivity contribution is 7.42. The van der Waals surface area contributed by atoms with E-state index in [-0.39, 0.29) is 20.5 Å². The van der Waals surface area contributed by atoms with Crippen molar-refractivity contribution in [1.29, 1.82) is 0 Å². The fraction of sp³-hybridized carbons (Fsp3) is 0.188. The van der Waals surface area contributed by atoms with Crippen LogP contribution in [-0.4, -0.2) is 11.1 Å². The van der Waals surface area contributed by atoms with Gasteiger partial charge in [0, 0.05) is 5.30 Å². The lowest BCUT2D eigenvalue weighted by Gasteiger charge is -2.11. The van der Waals surface area contributed by atoms with Gasteiger partial charge in [-0.25, -0.2) is 4.79 Å². The molecule has 1 unspecified atom stereocenters. The maximum Gasteiger partial charge on any atom is 0.341 e. The molecule has 0 saturated heterocycles. The second-order valence-electron chi connectivity index (χ2n) is 4.81. The van der Waals surface area contributed by atoms with Crippen molar-refractivity contribution < 1.29 is 14.4 Å². The van der Waals surface area contributed by atoms with Crippen molar-refractivity contribution in [3.05, 3.63) is 58.7 Å². The average molecular weight is 288 g/mol. The second kappa shape index (κ2) is 6.06. The van der Waals surface area contributed by atoms with E-state index < -0.39 is 0 Å². The lowest BCUT2D eigenvalue weighted by Crippen LogP contribution is -2.07. The van der Waals surface area contributed by atoms with Crippen LogP contribution in [0.15, 0.2) is 36.4 Å². The van der Waals surface area contributed by atoms with Crippen molar-refractivity contribution in [2.24, 2.45) is 0 Å². The first-order valence-corrected chi connectivity index (χ1v) is 7.22. The molecule has 0 fully saturated rings. The Bertz CT molecular complexity index is 610. The van der Waals surface area contributed by atoms with Gasteiger partial charge in [-0.15, -0.1) is 0 Å². The molecule has 104 valence electrons. The van der Waals surface area contributed by atoms with Crippen LogP contribution in [0.25, 0.3) is 0 Å². The Labute approximate surface area is 120 Å².